The molecule has 0 radical (unpaired) electrons. The fourth-order valence-corrected chi connectivity index (χ4v) is 2.59. The summed E-state index contributed by atoms with van der Waals surface area (Å²) in [5, 5.41) is 4.08. The number of aromatic nitrogens is 1. The van der Waals surface area contributed by atoms with Crippen LogP contribution in [-0.2, 0) is 6.42 Å². The fourth-order valence-electron chi connectivity index (χ4n) is 2.15. The number of pyridine rings is 1. The predicted octanol–water partition coefficient (Wildman–Crippen LogP) is 4.92. The Morgan fingerprint density at radius 2 is 2.19 bits per heavy atom. The van der Waals surface area contributed by atoms with Gasteiger partial charge in [-0.25, -0.2) is 4.39 Å². The van der Waals surface area contributed by atoms with Gasteiger partial charge in [-0.05, 0) is 64.6 Å². The molecule has 0 saturated heterocycles. The van der Waals surface area contributed by atoms with Crippen LogP contribution in [0.4, 0.5) is 4.39 Å². The summed E-state index contributed by atoms with van der Waals surface area (Å²) in [6.45, 7) is 2.97. The van der Waals surface area contributed by atoms with Crippen LogP contribution in [0.5, 0.6) is 0 Å². The first kappa shape index (κ1) is 16.4. The zero-order chi connectivity index (χ0) is 15.2. The molecular weight excluding hydrogens is 355 g/mol. The lowest BCUT2D eigenvalue weighted by molar-refractivity contribution is 0.523. The molecule has 0 bridgehead atoms. The van der Waals surface area contributed by atoms with Gasteiger partial charge in [-0.2, -0.15) is 0 Å². The summed E-state index contributed by atoms with van der Waals surface area (Å²) in [4.78, 5) is 3.99. The largest absolute Gasteiger partial charge is 0.310 e. The average Bonchev–Trinajstić information content (AvgIpc) is 2.48. The van der Waals surface area contributed by atoms with E-state index < -0.39 is 0 Å². The lowest BCUT2D eigenvalue weighted by Gasteiger charge is -2.20. The third-order valence-corrected chi connectivity index (χ3v) is 4.25. The quantitative estimate of drug-likeness (QED) is 0.779. The second-order valence-electron chi connectivity index (χ2n) is 4.85. The molecule has 0 aliphatic rings. The third kappa shape index (κ3) is 4.50. The number of hydrogen-bond donors (Lipinski definition) is 1. The van der Waals surface area contributed by atoms with Crippen LogP contribution < -0.4 is 5.32 Å². The summed E-state index contributed by atoms with van der Waals surface area (Å²) in [7, 11) is 0. The van der Waals surface area contributed by atoms with Crippen molar-refractivity contribution in [1.29, 1.82) is 0 Å². The average molecular weight is 372 g/mol. The van der Waals surface area contributed by atoms with Crippen molar-refractivity contribution in [3.63, 3.8) is 0 Å². The highest BCUT2D eigenvalue weighted by Gasteiger charge is 2.15. The maximum Gasteiger partial charge on any atom is 0.137 e. The summed E-state index contributed by atoms with van der Waals surface area (Å²) >= 11 is 9.36. The number of nitrogens with zero attached hydrogens (tertiary/aromatic N) is 1. The van der Waals surface area contributed by atoms with E-state index in [9.17, 15) is 4.39 Å². The van der Waals surface area contributed by atoms with Gasteiger partial charge in [0.15, 0.2) is 0 Å². The highest BCUT2D eigenvalue weighted by atomic mass is 79.9. The molecule has 2 nitrogen and oxygen atoms in total. The van der Waals surface area contributed by atoms with Crippen molar-refractivity contribution in [3.8, 4) is 0 Å². The summed E-state index contributed by atoms with van der Waals surface area (Å²) in [5.41, 5.74) is 1.92. The molecule has 0 aliphatic carbocycles. The van der Waals surface area contributed by atoms with E-state index in [1.807, 2.05) is 12.1 Å². The number of hydrogen-bond acceptors (Lipinski definition) is 2. The Hall–Kier alpha value is -0.970. The van der Waals surface area contributed by atoms with Crippen molar-refractivity contribution in [1.82, 2.24) is 10.3 Å². The molecule has 2 aromatic rings. The highest BCUT2D eigenvalue weighted by Crippen LogP contribution is 2.25. The Morgan fingerprint density at radius 3 is 2.86 bits per heavy atom. The van der Waals surface area contributed by atoms with Crippen molar-refractivity contribution in [2.75, 3.05) is 6.54 Å². The molecular formula is C16H17BrClFN2. The van der Waals surface area contributed by atoms with Crippen molar-refractivity contribution >= 4 is 27.5 Å². The molecule has 1 aromatic heterocycles. The van der Waals surface area contributed by atoms with E-state index in [1.165, 1.54) is 0 Å². The second-order valence-corrected chi connectivity index (χ2v) is 6.11. The van der Waals surface area contributed by atoms with Crippen molar-refractivity contribution in [3.05, 3.63) is 63.1 Å². The molecule has 1 atom stereocenters. The monoisotopic (exact) mass is 370 g/mol. The smallest absolute Gasteiger partial charge is 0.137 e. The minimum atomic E-state index is -0.253. The van der Waals surface area contributed by atoms with Crippen LogP contribution in [-0.4, -0.2) is 11.5 Å². The van der Waals surface area contributed by atoms with Gasteiger partial charge in [0, 0.05) is 18.4 Å². The second kappa shape index (κ2) is 7.87. The summed E-state index contributed by atoms with van der Waals surface area (Å²) in [5.74, 6) is -0.253. The molecule has 112 valence electrons. The van der Waals surface area contributed by atoms with Gasteiger partial charge >= 0.3 is 0 Å². The SMILES string of the molecule is CCCNC(Cc1ccncc1Cl)c1ccc(Br)c(F)c1. The number of halogens is 3. The number of benzene rings is 1. The topological polar surface area (TPSA) is 24.9 Å². The molecule has 0 spiro atoms. The molecule has 1 heterocycles. The molecule has 21 heavy (non-hydrogen) atoms. The Kier molecular flexibility index (Phi) is 6.15. The lowest BCUT2D eigenvalue weighted by Crippen LogP contribution is -2.24. The normalized spacial score (nSPS) is 12.4. The summed E-state index contributed by atoms with van der Waals surface area (Å²) < 4.78 is 14.2. The van der Waals surface area contributed by atoms with Gasteiger partial charge < -0.3 is 5.32 Å². The van der Waals surface area contributed by atoms with E-state index in [1.54, 1.807) is 24.5 Å². The zero-order valence-electron chi connectivity index (χ0n) is 11.7. The Labute approximate surface area is 137 Å². The first-order valence-electron chi connectivity index (χ1n) is 6.88. The zero-order valence-corrected chi connectivity index (χ0v) is 14.1. The van der Waals surface area contributed by atoms with Gasteiger partial charge in [-0.1, -0.05) is 24.6 Å². The van der Waals surface area contributed by atoms with E-state index in [-0.39, 0.29) is 11.9 Å². The van der Waals surface area contributed by atoms with Gasteiger partial charge in [0.05, 0.1) is 9.50 Å². The molecule has 1 aromatic carbocycles. The molecule has 5 heteroatoms. The summed E-state index contributed by atoms with van der Waals surface area (Å²) in [6.07, 6.45) is 5.07. The van der Waals surface area contributed by atoms with Gasteiger partial charge in [0.1, 0.15) is 5.82 Å². The molecule has 1 N–H and O–H groups in total. The van der Waals surface area contributed by atoms with Crippen LogP contribution in [0.1, 0.15) is 30.5 Å². The lowest BCUT2D eigenvalue weighted by atomic mass is 9.99. The first-order valence-corrected chi connectivity index (χ1v) is 8.05. The predicted molar refractivity (Wildman–Crippen MR) is 88.1 cm³/mol. The van der Waals surface area contributed by atoms with Crippen LogP contribution >= 0.6 is 27.5 Å². The fraction of sp³-hybridized carbons (Fsp3) is 0.312. The minimum Gasteiger partial charge on any atom is -0.310 e. The molecule has 1 unspecified atom stereocenters. The van der Waals surface area contributed by atoms with Crippen LogP contribution in [0.2, 0.25) is 5.02 Å². The van der Waals surface area contributed by atoms with Gasteiger partial charge in [-0.3, -0.25) is 4.98 Å². The Bertz CT molecular complexity index is 607. The van der Waals surface area contributed by atoms with Crippen molar-refractivity contribution in [2.24, 2.45) is 0 Å². The molecule has 0 amide bonds. The van der Waals surface area contributed by atoms with E-state index in [4.69, 9.17) is 11.6 Å². The Balaban J connectivity index is 2.25. The van der Waals surface area contributed by atoms with E-state index in [0.29, 0.717) is 15.9 Å². The van der Waals surface area contributed by atoms with Gasteiger partial charge in [0.2, 0.25) is 0 Å². The van der Waals surface area contributed by atoms with E-state index in [2.05, 4.69) is 33.2 Å². The van der Waals surface area contributed by atoms with Crippen LogP contribution in [0.25, 0.3) is 0 Å². The third-order valence-electron chi connectivity index (χ3n) is 3.27. The van der Waals surface area contributed by atoms with Gasteiger partial charge in [0.25, 0.3) is 0 Å². The van der Waals surface area contributed by atoms with E-state index in [0.717, 1.165) is 24.1 Å². The molecule has 2 rings (SSSR count). The van der Waals surface area contributed by atoms with E-state index >= 15 is 0 Å². The maximum absolute atomic E-state index is 13.8. The standard InChI is InChI=1S/C16H17BrClFN2/c1-2-6-21-16(9-11-5-7-20-10-14(11)18)12-3-4-13(17)15(19)8-12/h3-5,7-8,10,16,21H,2,6,9H2,1H3. The first-order chi connectivity index (χ1) is 10.1. The highest BCUT2D eigenvalue weighted by molar-refractivity contribution is 9.10. The van der Waals surface area contributed by atoms with Crippen molar-refractivity contribution < 1.29 is 4.39 Å². The van der Waals surface area contributed by atoms with Crippen LogP contribution in [0.15, 0.2) is 41.1 Å². The van der Waals surface area contributed by atoms with Gasteiger partial charge in [-0.15, -0.1) is 0 Å². The summed E-state index contributed by atoms with van der Waals surface area (Å²) in [6, 6.07) is 7.15. The molecule has 0 aliphatic heterocycles. The van der Waals surface area contributed by atoms with Crippen molar-refractivity contribution in [2.45, 2.75) is 25.8 Å². The van der Waals surface area contributed by atoms with Crippen LogP contribution in [0, 0.1) is 5.82 Å². The molecule has 0 saturated carbocycles. The molecule has 0 fully saturated rings. The minimum absolute atomic E-state index is 0.0208. The number of rotatable bonds is 6. The Morgan fingerprint density at radius 1 is 1.38 bits per heavy atom. The maximum atomic E-state index is 13.8. The number of nitrogens with one attached hydrogen (secondary N) is 1. The van der Waals surface area contributed by atoms with Crippen LogP contribution in [0.3, 0.4) is 0 Å².